The molecule has 2 aromatic heterocycles. The van der Waals surface area contributed by atoms with E-state index in [0.717, 1.165) is 34.0 Å². The Hall–Kier alpha value is -2.02. The van der Waals surface area contributed by atoms with Crippen molar-refractivity contribution in [3.05, 3.63) is 29.3 Å². The quantitative estimate of drug-likeness (QED) is 0.773. The maximum absolute atomic E-state index is 4.13. The van der Waals surface area contributed by atoms with Crippen molar-refractivity contribution in [3.8, 4) is 0 Å². The fourth-order valence-corrected chi connectivity index (χ4v) is 2.65. The molecule has 6 nitrogen and oxygen atoms in total. The first-order chi connectivity index (χ1) is 9.36. The number of hydrogen-bond donors (Lipinski definition) is 1. The Morgan fingerprint density at radius 3 is 3.00 bits per heavy atom. The van der Waals surface area contributed by atoms with E-state index in [-0.39, 0.29) is 0 Å². The van der Waals surface area contributed by atoms with Crippen molar-refractivity contribution in [1.82, 2.24) is 25.2 Å². The van der Waals surface area contributed by atoms with Crippen LogP contribution < -0.4 is 5.32 Å². The molecule has 0 saturated carbocycles. The lowest BCUT2D eigenvalue weighted by molar-refractivity contribution is 0.654. The number of rotatable bonds is 5. The maximum Gasteiger partial charge on any atom is 0.207 e. The van der Waals surface area contributed by atoms with Crippen LogP contribution >= 0.6 is 11.3 Å². The highest BCUT2D eigenvalue weighted by Crippen LogP contribution is 2.17. The van der Waals surface area contributed by atoms with E-state index in [1.165, 1.54) is 0 Å². The van der Waals surface area contributed by atoms with Gasteiger partial charge in [-0.25, -0.2) is 4.68 Å². The normalized spacial score (nSPS) is 11.0. The zero-order chi connectivity index (χ0) is 13.1. The summed E-state index contributed by atoms with van der Waals surface area (Å²) in [4.78, 5) is 0. The number of nitrogens with one attached hydrogen (secondary N) is 1. The maximum atomic E-state index is 4.13. The zero-order valence-corrected chi connectivity index (χ0v) is 11.4. The zero-order valence-electron chi connectivity index (χ0n) is 10.6. The van der Waals surface area contributed by atoms with Crippen LogP contribution in [0.4, 0.5) is 5.13 Å². The van der Waals surface area contributed by atoms with Crippen LogP contribution in [-0.4, -0.2) is 25.2 Å². The summed E-state index contributed by atoms with van der Waals surface area (Å²) >= 11 is 1.59. The van der Waals surface area contributed by atoms with Gasteiger partial charge in [-0.1, -0.05) is 35.6 Å². The van der Waals surface area contributed by atoms with Gasteiger partial charge in [0, 0.05) is 6.42 Å². The third kappa shape index (κ3) is 2.55. The summed E-state index contributed by atoms with van der Waals surface area (Å²) < 4.78 is 1.82. The second-order valence-electron chi connectivity index (χ2n) is 4.16. The standard InChI is InChI=1S/C12H14N6S/c1-2-5-11-15-16-12(19-11)13-8-18-10-7-4-3-6-9(10)14-17-18/h3-4,6-7H,2,5,8H2,1H3,(H,13,16). The van der Waals surface area contributed by atoms with Crippen LogP contribution in [0.25, 0.3) is 11.0 Å². The van der Waals surface area contributed by atoms with Crippen molar-refractivity contribution in [3.63, 3.8) is 0 Å². The Kier molecular flexibility index (Phi) is 3.37. The molecule has 0 atom stereocenters. The molecule has 0 unspecified atom stereocenters. The molecule has 0 aliphatic carbocycles. The highest BCUT2D eigenvalue weighted by Gasteiger charge is 2.05. The fraction of sp³-hybridized carbons (Fsp3) is 0.333. The lowest BCUT2D eigenvalue weighted by atomic mass is 10.3. The number of aromatic nitrogens is 5. The van der Waals surface area contributed by atoms with Gasteiger partial charge in [-0.05, 0) is 18.6 Å². The summed E-state index contributed by atoms with van der Waals surface area (Å²) in [6.07, 6.45) is 2.06. The van der Waals surface area contributed by atoms with Gasteiger partial charge in [-0.15, -0.1) is 15.3 Å². The van der Waals surface area contributed by atoms with Crippen LogP contribution in [-0.2, 0) is 13.1 Å². The van der Waals surface area contributed by atoms with E-state index in [0.29, 0.717) is 6.67 Å². The van der Waals surface area contributed by atoms with Crippen LogP contribution in [0.1, 0.15) is 18.4 Å². The van der Waals surface area contributed by atoms with E-state index >= 15 is 0 Å². The van der Waals surface area contributed by atoms with Gasteiger partial charge >= 0.3 is 0 Å². The van der Waals surface area contributed by atoms with Crippen molar-refractivity contribution in [2.24, 2.45) is 0 Å². The summed E-state index contributed by atoms with van der Waals surface area (Å²) in [7, 11) is 0. The first-order valence-corrected chi connectivity index (χ1v) is 7.03. The topological polar surface area (TPSA) is 68.5 Å². The summed E-state index contributed by atoms with van der Waals surface area (Å²) in [5.41, 5.74) is 1.90. The minimum atomic E-state index is 0.543. The second-order valence-corrected chi connectivity index (χ2v) is 5.23. The van der Waals surface area contributed by atoms with Crippen LogP contribution in [0.15, 0.2) is 24.3 Å². The third-order valence-electron chi connectivity index (χ3n) is 2.73. The first kappa shape index (κ1) is 12.0. The Morgan fingerprint density at radius 1 is 1.21 bits per heavy atom. The van der Waals surface area contributed by atoms with Crippen LogP contribution in [0.3, 0.4) is 0 Å². The second kappa shape index (κ2) is 5.31. The van der Waals surface area contributed by atoms with E-state index in [9.17, 15) is 0 Å². The molecule has 0 spiro atoms. The Bertz CT molecular complexity index is 673. The monoisotopic (exact) mass is 274 g/mol. The molecule has 7 heteroatoms. The number of para-hydroxylation sites is 1. The van der Waals surface area contributed by atoms with Crippen LogP contribution in [0.5, 0.6) is 0 Å². The third-order valence-corrected chi connectivity index (χ3v) is 3.67. The molecule has 3 aromatic rings. The van der Waals surface area contributed by atoms with Crippen molar-refractivity contribution < 1.29 is 0 Å². The Labute approximate surface area is 114 Å². The van der Waals surface area contributed by atoms with Gasteiger partial charge in [0.05, 0.1) is 5.52 Å². The Balaban J connectivity index is 1.71. The molecule has 2 heterocycles. The summed E-state index contributed by atoms with van der Waals surface area (Å²) in [5.74, 6) is 0. The van der Waals surface area contributed by atoms with Gasteiger partial charge in [0.1, 0.15) is 17.2 Å². The van der Waals surface area contributed by atoms with Gasteiger partial charge in [0.2, 0.25) is 5.13 Å². The van der Waals surface area contributed by atoms with E-state index in [1.807, 2.05) is 28.9 Å². The molecule has 0 fully saturated rings. The first-order valence-electron chi connectivity index (χ1n) is 6.21. The smallest absolute Gasteiger partial charge is 0.207 e. The average Bonchev–Trinajstić information content (AvgIpc) is 3.04. The van der Waals surface area contributed by atoms with Gasteiger partial charge < -0.3 is 5.32 Å². The molecule has 0 aliphatic heterocycles. The van der Waals surface area contributed by atoms with Crippen molar-refractivity contribution in [2.45, 2.75) is 26.4 Å². The molecule has 0 radical (unpaired) electrons. The largest absolute Gasteiger partial charge is 0.341 e. The highest BCUT2D eigenvalue weighted by molar-refractivity contribution is 7.15. The molecule has 98 valence electrons. The lowest BCUT2D eigenvalue weighted by Gasteiger charge is -2.02. The SMILES string of the molecule is CCCc1nnc(NCn2nnc3ccccc32)s1. The minimum absolute atomic E-state index is 0.543. The minimum Gasteiger partial charge on any atom is -0.341 e. The molecular weight excluding hydrogens is 260 g/mol. The van der Waals surface area contributed by atoms with E-state index in [4.69, 9.17) is 0 Å². The van der Waals surface area contributed by atoms with E-state index in [1.54, 1.807) is 11.3 Å². The van der Waals surface area contributed by atoms with E-state index < -0.39 is 0 Å². The predicted molar refractivity (Wildman–Crippen MR) is 75.1 cm³/mol. The van der Waals surface area contributed by atoms with Crippen molar-refractivity contribution in [1.29, 1.82) is 0 Å². The number of nitrogens with zero attached hydrogens (tertiary/aromatic N) is 5. The molecular formula is C12H14N6S. The van der Waals surface area contributed by atoms with Gasteiger partial charge in [0.15, 0.2) is 0 Å². The summed E-state index contributed by atoms with van der Waals surface area (Å²) in [6, 6.07) is 7.88. The number of anilines is 1. The number of hydrogen-bond acceptors (Lipinski definition) is 6. The summed E-state index contributed by atoms with van der Waals surface area (Å²) in [6.45, 7) is 2.68. The fourth-order valence-electron chi connectivity index (χ4n) is 1.82. The molecule has 0 aliphatic rings. The lowest BCUT2D eigenvalue weighted by Crippen LogP contribution is -2.09. The Morgan fingerprint density at radius 2 is 2.11 bits per heavy atom. The molecule has 0 bridgehead atoms. The number of benzene rings is 1. The molecule has 0 amide bonds. The number of fused-ring (bicyclic) bond motifs is 1. The van der Waals surface area contributed by atoms with Gasteiger partial charge in [-0.2, -0.15) is 0 Å². The molecule has 0 saturated heterocycles. The van der Waals surface area contributed by atoms with Crippen LogP contribution in [0.2, 0.25) is 0 Å². The van der Waals surface area contributed by atoms with Crippen LogP contribution in [0, 0.1) is 0 Å². The molecule has 3 rings (SSSR count). The molecule has 19 heavy (non-hydrogen) atoms. The highest BCUT2D eigenvalue weighted by atomic mass is 32.1. The van der Waals surface area contributed by atoms with Gasteiger partial charge in [0.25, 0.3) is 0 Å². The van der Waals surface area contributed by atoms with Crippen molar-refractivity contribution in [2.75, 3.05) is 5.32 Å². The summed E-state index contributed by atoms with van der Waals surface area (Å²) in [5, 5.41) is 21.6. The van der Waals surface area contributed by atoms with Gasteiger partial charge in [-0.3, -0.25) is 0 Å². The van der Waals surface area contributed by atoms with Crippen molar-refractivity contribution >= 4 is 27.5 Å². The van der Waals surface area contributed by atoms with E-state index in [2.05, 4.69) is 32.7 Å². The number of aryl methyl sites for hydroxylation is 1. The average molecular weight is 274 g/mol. The molecule has 1 N–H and O–H groups in total. The molecule has 1 aromatic carbocycles. The predicted octanol–water partition coefficient (Wildman–Crippen LogP) is 2.30.